The summed E-state index contributed by atoms with van der Waals surface area (Å²) in [5, 5.41) is 4.10. The van der Waals surface area contributed by atoms with Gasteiger partial charge in [-0.1, -0.05) is 117 Å². The highest BCUT2D eigenvalue weighted by atomic mass is 32.2. The predicted octanol–water partition coefficient (Wildman–Crippen LogP) is 13.3. The predicted molar refractivity (Wildman–Crippen MR) is 273 cm³/mol. The number of carbonyl (C=O) groups is 2. The van der Waals surface area contributed by atoms with Crippen LogP contribution in [0, 0.1) is 30.2 Å². The maximum absolute atomic E-state index is 13.3. The highest BCUT2D eigenvalue weighted by Gasteiger charge is 2.46. The number of thioether (sulfide) groups is 2. The van der Waals surface area contributed by atoms with Gasteiger partial charge in [0.2, 0.25) is 18.3 Å². The highest BCUT2D eigenvalue weighted by molar-refractivity contribution is 8.25. The summed E-state index contributed by atoms with van der Waals surface area (Å²) in [6.45, 7) is 6.04. The molecule has 0 radical (unpaired) electrons. The average molecular weight is 917 g/mol. The van der Waals surface area contributed by atoms with Crippen LogP contribution in [0.5, 0.6) is 0 Å². The van der Waals surface area contributed by atoms with Gasteiger partial charge in [-0.25, -0.2) is 0 Å². The lowest BCUT2D eigenvalue weighted by Gasteiger charge is -2.31. The number of thiophene rings is 3. The zero-order chi connectivity index (χ0) is 42.7. The minimum atomic E-state index is -2.58. The molecule has 3 aromatic carbocycles. The molecule has 1 unspecified atom stereocenters. The number of hydrogen-bond acceptors (Lipinski definition) is 7. The van der Waals surface area contributed by atoms with Gasteiger partial charge in [0.15, 0.2) is 0 Å². The number of hydrogen-bond donors (Lipinski definition) is 0. The molecule has 0 saturated heterocycles. The zero-order valence-electron chi connectivity index (χ0n) is 35.4. The first-order valence-corrected chi connectivity index (χ1v) is 27.7. The van der Waals surface area contributed by atoms with Gasteiger partial charge in [-0.15, -0.1) is 57.3 Å². The Balaban J connectivity index is 0.981. The Labute approximate surface area is 388 Å². The SMILES string of the molecule is CC#CCCCCCC1(CCCCCC#C[Si](c2ccccc2)(c2ccccc2)c2ccccc2)c2cc(C)sc2-c2sc(-c3ccc(C4=C5SC(=O)C(C)=C5SC4=O)s3)cc21. The van der Waals surface area contributed by atoms with Gasteiger partial charge in [0, 0.05) is 62.9 Å². The Kier molecular flexibility index (Phi) is 13.0. The molecule has 2 aliphatic heterocycles. The molecule has 2 nitrogen and oxygen atoms in total. The highest BCUT2D eigenvalue weighted by Crippen LogP contribution is 2.61. The number of fused-ring (bicyclic) bond motifs is 4. The van der Waals surface area contributed by atoms with Crippen molar-refractivity contribution in [3.63, 3.8) is 0 Å². The second-order valence-electron chi connectivity index (χ2n) is 16.3. The molecule has 5 heterocycles. The summed E-state index contributed by atoms with van der Waals surface area (Å²) in [5.74, 6) is 10.1. The van der Waals surface area contributed by atoms with Gasteiger partial charge in [0.1, 0.15) is 0 Å². The van der Waals surface area contributed by atoms with E-state index in [1.54, 1.807) is 11.3 Å². The monoisotopic (exact) mass is 916 g/mol. The van der Waals surface area contributed by atoms with E-state index in [-0.39, 0.29) is 15.6 Å². The first kappa shape index (κ1) is 42.9. The molecule has 0 fully saturated rings. The zero-order valence-corrected chi connectivity index (χ0v) is 40.5. The molecule has 0 bridgehead atoms. The maximum atomic E-state index is 13.3. The van der Waals surface area contributed by atoms with Crippen molar-refractivity contribution in [3.8, 4) is 42.8 Å². The van der Waals surface area contributed by atoms with E-state index in [1.807, 2.05) is 36.5 Å². The van der Waals surface area contributed by atoms with Crippen LogP contribution in [0.4, 0.5) is 0 Å². The molecule has 0 spiro atoms. The molecule has 6 aromatic rings. The molecule has 0 saturated carbocycles. The average Bonchev–Trinajstić information content (AvgIpc) is 4.16. The Morgan fingerprint density at radius 3 is 1.71 bits per heavy atom. The van der Waals surface area contributed by atoms with Crippen molar-refractivity contribution in [1.29, 1.82) is 0 Å². The summed E-state index contributed by atoms with van der Waals surface area (Å²) in [6.07, 6.45) is 11.0. The second-order valence-corrected chi connectivity index (χ2v) is 25.2. The van der Waals surface area contributed by atoms with E-state index in [0.29, 0.717) is 11.1 Å². The summed E-state index contributed by atoms with van der Waals surface area (Å²) in [6, 6.07) is 42.2. The van der Waals surface area contributed by atoms with E-state index in [1.165, 1.54) is 87.4 Å². The van der Waals surface area contributed by atoms with E-state index in [0.717, 1.165) is 66.1 Å². The van der Waals surface area contributed by atoms with Gasteiger partial charge >= 0.3 is 0 Å². The third kappa shape index (κ3) is 8.04. The van der Waals surface area contributed by atoms with E-state index in [4.69, 9.17) is 0 Å². The summed E-state index contributed by atoms with van der Waals surface area (Å²) in [5.41, 5.74) is 8.41. The van der Waals surface area contributed by atoms with Gasteiger partial charge < -0.3 is 0 Å². The van der Waals surface area contributed by atoms with E-state index < -0.39 is 8.07 Å². The van der Waals surface area contributed by atoms with Gasteiger partial charge in [0.25, 0.3) is 0 Å². The maximum Gasteiger partial charge on any atom is 0.229 e. The fourth-order valence-electron chi connectivity index (χ4n) is 9.44. The van der Waals surface area contributed by atoms with Crippen LogP contribution in [0.15, 0.2) is 131 Å². The van der Waals surface area contributed by atoms with Crippen LogP contribution in [0.1, 0.15) is 98.9 Å². The molecule has 3 aromatic heterocycles. The molecular weight excluding hydrogens is 869 g/mol. The molecule has 0 N–H and O–H groups in total. The van der Waals surface area contributed by atoms with Crippen LogP contribution < -0.4 is 15.6 Å². The summed E-state index contributed by atoms with van der Waals surface area (Å²) in [7, 11) is -2.58. The summed E-state index contributed by atoms with van der Waals surface area (Å²) >= 11 is 7.99. The lowest BCUT2D eigenvalue weighted by atomic mass is 9.71. The first-order valence-electron chi connectivity index (χ1n) is 21.7. The Morgan fingerprint density at radius 1 is 0.548 bits per heavy atom. The Morgan fingerprint density at radius 2 is 1.10 bits per heavy atom. The van der Waals surface area contributed by atoms with Crippen LogP contribution in [-0.4, -0.2) is 18.3 Å². The molecule has 1 atom stereocenters. The molecular formula is C54H48O2S5Si. The molecule has 0 amide bonds. The van der Waals surface area contributed by atoms with Crippen molar-refractivity contribution in [2.24, 2.45) is 0 Å². The van der Waals surface area contributed by atoms with Crippen LogP contribution in [0.2, 0.25) is 0 Å². The van der Waals surface area contributed by atoms with Gasteiger partial charge in [-0.3, -0.25) is 9.59 Å². The summed E-state index contributed by atoms with van der Waals surface area (Å²) in [4.78, 5) is 35.2. The molecule has 9 rings (SSSR count). The van der Waals surface area contributed by atoms with Crippen molar-refractivity contribution in [2.75, 3.05) is 0 Å². The molecule has 62 heavy (non-hydrogen) atoms. The van der Waals surface area contributed by atoms with Crippen molar-refractivity contribution >= 4 is 97.0 Å². The number of benzene rings is 3. The standard InChI is InChI=1S/C54H48O2S5Si/c1-4-5-6-7-9-21-32-54(33-22-10-8-11-23-34-62(39-24-15-12-16-25-39,40-26-17-13-18-27-40)41-28-19-14-20-29-41)42-35-37(2)57-49(42)50-43(54)36-46(59-50)44-30-31-45(58-44)47-51-48(60-53(47)56)38(3)52(55)61-51/h12-20,24-31,35-36H,6-11,21-22,32-33H2,1-3H3. The minimum Gasteiger partial charge on any atom is -0.282 e. The third-order valence-electron chi connectivity index (χ3n) is 12.5. The lowest BCUT2D eigenvalue weighted by Crippen LogP contribution is -2.66. The van der Waals surface area contributed by atoms with Gasteiger partial charge in [0.05, 0.1) is 5.57 Å². The quantitative estimate of drug-likeness (QED) is 0.0445. The topological polar surface area (TPSA) is 34.1 Å². The normalized spacial score (nSPS) is 16.6. The van der Waals surface area contributed by atoms with Crippen LogP contribution in [0.3, 0.4) is 0 Å². The number of carbonyl (C=O) groups excluding carboxylic acids is 2. The van der Waals surface area contributed by atoms with Gasteiger partial charge in [-0.2, -0.15) is 0 Å². The van der Waals surface area contributed by atoms with Crippen LogP contribution in [0.25, 0.3) is 25.1 Å². The number of unbranched alkanes of at least 4 members (excludes halogenated alkanes) is 6. The minimum absolute atomic E-state index is 0.0247. The number of aryl methyl sites for hydroxylation is 1. The Hall–Kier alpha value is -4.38. The molecule has 8 heteroatoms. The first-order chi connectivity index (χ1) is 30.3. The summed E-state index contributed by atoms with van der Waals surface area (Å²) < 4.78 is 0. The largest absolute Gasteiger partial charge is 0.282 e. The van der Waals surface area contributed by atoms with Crippen molar-refractivity contribution < 1.29 is 9.59 Å². The second kappa shape index (κ2) is 18.8. The van der Waals surface area contributed by atoms with Crippen LogP contribution >= 0.6 is 57.5 Å². The van der Waals surface area contributed by atoms with E-state index in [2.05, 4.69) is 145 Å². The third-order valence-corrected chi connectivity index (χ3v) is 22.6. The van der Waals surface area contributed by atoms with Gasteiger partial charge in [-0.05, 0) is 121 Å². The van der Waals surface area contributed by atoms with Crippen molar-refractivity contribution in [3.05, 3.63) is 152 Å². The molecule has 1 aliphatic carbocycles. The van der Waals surface area contributed by atoms with Crippen LogP contribution in [-0.2, 0) is 15.0 Å². The fourth-order valence-corrected chi connectivity index (χ4v) is 19.4. The smallest absolute Gasteiger partial charge is 0.229 e. The van der Waals surface area contributed by atoms with E-state index in [9.17, 15) is 9.59 Å². The fraction of sp³-hybridized carbons (Fsp3) is 0.259. The van der Waals surface area contributed by atoms with Crippen molar-refractivity contribution in [1.82, 2.24) is 0 Å². The molecule has 310 valence electrons. The Bertz CT molecular complexity index is 2740. The lowest BCUT2D eigenvalue weighted by molar-refractivity contribution is -0.107. The molecule has 3 aliphatic rings. The van der Waals surface area contributed by atoms with Crippen molar-refractivity contribution in [2.45, 2.75) is 90.4 Å². The van der Waals surface area contributed by atoms with E-state index >= 15 is 0 Å². The number of rotatable bonds is 15.